The van der Waals surface area contributed by atoms with Crippen LogP contribution in [0.3, 0.4) is 0 Å². The zero-order valence-electron chi connectivity index (χ0n) is 16.3. The fourth-order valence-corrected chi connectivity index (χ4v) is 4.83. The molecule has 182 valence electrons. The Balaban J connectivity index is 1.85. The van der Waals surface area contributed by atoms with Crippen LogP contribution in [0.25, 0.3) is 0 Å². The summed E-state index contributed by atoms with van der Waals surface area (Å²) in [5.41, 5.74) is 0. The molecule has 4 N–H and O–H groups in total. The van der Waals surface area contributed by atoms with E-state index in [0.29, 0.717) is 0 Å². The summed E-state index contributed by atoms with van der Waals surface area (Å²) in [7, 11) is -8.72. The lowest BCUT2D eigenvalue weighted by atomic mass is 9.90. The minimum atomic E-state index is -4.99. The highest BCUT2D eigenvalue weighted by Gasteiger charge is 2.57. The molecule has 17 heteroatoms. The molecule has 0 saturated carbocycles. The van der Waals surface area contributed by atoms with E-state index in [9.17, 15) is 27.0 Å². The minimum Gasteiger partial charge on any atom is -0.394 e. The van der Waals surface area contributed by atoms with E-state index in [1.165, 1.54) is 14.0 Å². The van der Waals surface area contributed by atoms with E-state index < -0.39 is 88.6 Å². The average molecular weight is 496 g/mol. The highest BCUT2D eigenvalue weighted by Crippen LogP contribution is 2.38. The topological polar surface area (TPSA) is 214 Å². The lowest BCUT2D eigenvalue weighted by Gasteiger charge is -2.45. The molecule has 0 amide bonds. The normalized spacial score (nSPS) is 43.8. The summed E-state index contributed by atoms with van der Waals surface area (Å²) in [6.45, 7) is 0.642. The summed E-state index contributed by atoms with van der Waals surface area (Å²) in [6, 6.07) is 0. The van der Waals surface area contributed by atoms with Crippen molar-refractivity contribution in [2.24, 2.45) is 5.92 Å². The van der Waals surface area contributed by atoms with Crippen LogP contribution in [0.15, 0.2) is 0 Å². The first kappa shape index (κ1) is 25.1. The summed E-state index contributed by atoms with van der Waals surface area (Å²) < 4.78 is 99.6. The van der Waals surface area contributed by atoms with Gasteiger partial charge in [-0.2, -0.15) is 16.8 Å². The van der Waals surface area contributed by atoms with Crippen molar-refractivity contribution < 1.29 is 68.2 Å². The molecule has 15 nitrogen and oxygen atoms in total. The van der Waals surface area contributed by atoms with Gasteiger partial charge in [0, 0.05) is 13.0 Å². The molecule has 3 aliphatic heterocycles. The first-order valence-corrected chi connectivity index (χ1v) is 11.8. The van der Waals surface area contributed by atoms with Gasteiger partial charge in [-0.25, -0.2) is 8.37 Å². The van der Waals surface area contributed by atoms with Gasteiger partial charge in [-0.3, -0.25) is 9.11 Å². The third-order valence-electron chi connectivity index (χ3n) is 5.23. The Morgan fingerprint density at radius 1 is 0.968 bits per heavy atom. The fraction of sp³-hybridized carbons (Fsp3) is 1.00. The van der Waals surface area contributed by atoms with Crippen molar-refractivity contribution in [1.29, 1.82) is 0 Å². The third kappa shape index (κ3) is 5.69. The van der Waals surface area contributed by atoms with Crippen LogP contribution >= 0.6 is 0 Å². The summed E-state index contributed by atoms with van der Waals surface area (Å²) in [4.78, 5) is 0. The molecule has 3 saturated heterocycles. The molecule has 0 aromatic heterocycles. The standard InChI is InChI=1S/C14H24O15S2/c1-5-8(16)6(3-15)25-14(9(5)28-30(17,18)19)27-10-7-4-24-11(10)12(13(23-2)26-7)29-31(20,21)22/h5-16H,3-4H2,1-2H3,(H,17,18,19)(H,20,21,22)/t5-,6?,7?,8+,9?,10-,11+,12?,13-,14-/m0/s1. The van der Waals surface area contributed by atoms with Crippen LogP contribution in [0.5, 0.6) is 0 Å². The summed E-state index contributed by atoms with van der Waals surface area (Å²) in [5, 5.41) is 19.6. The number of aliphatic hydroxyl groups is 2. The maximum atomic E-state index is 11.3. The second-order valence-corrected chi connectivity index (χ2v) is 9.33. The molecule has 0 radical (unpaired) electrons. The SMILES string of the molecule is CO[C@H]1OC2CO[C@@H](C1OS(=O)(=O)O)[C@H]2O[C@@H]1OC(CO)[C@H](O)[C@H](C)C1OS(=O)(=O)O. The van der Waals surface area contributed by atoms with Gasteiger partial charge in [-0.15, -0.1) is 0 Å². The molecule has 3 rings (SSSR count). The molecule has 0 spiro atoms. The largest absolute Gasteiger partial charge is 0.397 e. The second-order valence-electron chi connectivity index (χ2n) is 7.23. The Hall–Kier alpha value is -0.540. The number of aliphatic hydroxyl groups excluding tert-OH is 2. The highest BCUT2D eigenvalue weighted by molar-refractivity contribution is 7.81. The highest BCUT2D eigenvalue weighted by atomic mass is 32.3. The van der Waals surface area contributed by atoms with Crippen molar-refractivity contribution in [3.63, 3.8) is 0 Å². The minimum absolute atomic E-state index is 0.0985. The van der Waals surface area contributed by atoms with Gasteiger partial charge >= 0.3 is 20.8 Å². The predicted molar refractivity (Wildman–Crippen MR) is 94.0 cm³/mol. The Kier molecular flexibility index (Phi) is 7.58. The fourth-order valence-electron chi connectivity index (χ4n) is 3.81. The third-order valence-corrected chi connectivity index (χ3v) is 6.16. The monoisotopic (exact) mass is 496 g/mol. The van der Waals surface area contributed by atoms with Crippen LogP contribution in [0.1, 0.15) is 6.92 Å². The summed E-state index contributed by atoms with van der Waals surface area (Å²) in [6.07, 6.45) is -11.5. The predicted octanol–water partition coefficient (Wildman–Crippen LogP) is -2.77. The maximum Gasteiger partial charge on any atom is 0.397 e. The first-order valence-electron chi connectivity index (χ1n) is 9.05. The van der Waals surface area contributed by atoms with E-state index in [1.54, 1.807) is 0 Å². The Morgan fingerprint density at radius 2 is 1.58 bits per heavy atom. The number of hydrogen-bond donors (Lipinski definition) is 4. The smallest absolute Gasteiger partial charge is 0.394 e. The van der Waals surface area contributed by atoms with Crippen molar-refractivity contribution in [2.45, 2.75) is 62.2 Å². The second kappa shape index (κ2) is 9.37. The summed E-state index contributed by atoms with van der Waals surface area (Å²) in [5.74, 6) is -0.988. The lowest BCUT2D eigenvalue weighted by molar-refractivity contribution is -0.326. The maximum absolute atomic E-state index is 11.3. The van der Waals surface area contributed by atoms with Crippen LogP contribution in [0, 0.1) is 5.92 Å². The number of fused-ring (bicyclic) bond motifs is 2. The molecule has 0 aromatic rings. The van der Waals surface area contributed by atoms with Gasteiger partial charge in [0.2, 0.25) is 0 Å². The van der Waals surface area contributed by atoms with E-state index in [2.05, 4.69) is 8.37 Å². The van der Waals surface area contributed by atoms with E-state index in [1.807, 2.05) is 0 Å². The van der Waals surface area contributed by atoms with Crippen molar-refractivity contribution in [2.75, 3.05) is 20.3 Å². The van der Waals surface area contributed by atoms with Crippen molar-refractivity contribution in [3.8, 4) is 0 Å². The molecular weight excluding hydrogens is 472 g/mol. The Bertz CT molecular complexity index is 831. The zero-order chi connectivity index (χ0) is 23.1. The van der Waals surface area contributed by atoms with Gasteiger partial charge in [0.25, 0.3) is 0 Å². The Morgan fingerprint density at radius 3 is 2.13 bits per heavy atom. The molecule has 3 heterocycles. The number of ether oxygens (including phenoxy) is 5. The van der Waals surface area contributed by atoms with Gasteiger partial charge in [0.05, 0.1) is 19.3 Å². The lowest BCUT2D eigenvalue weighted by Crippen LogP contribution is -2.61. The molecule has 10 atom stereocenters. The molecule has 4 unspecified atom stereocenters. The van der Waals surface area contributed by atoms with Gasteiger partial charge in [-0.1, -0.05) is 6.92 Å². The number of hydrogen-bond acceptors (Lipinski definition) is 13. The van der Waals surface area contributed by atoms with Crippen LogP contribution in [0.2, 0.25) is 0 Å². The van der Waals surface area contributed by atoms with E-state index in [4.69, 9.17) is 32.8 Å². The molecule has 31 heavy (non-hydrogen) atoms. The number of methoxy groups -OCH3 is 1. The van der Waals surface area contributed by atoms with Crippen molar-refractivity contribution >= 4 is 20.8 Å². The van der Waals surface area contributed by atoms with E-state index >= 15 is 0 Å². The van der Waals surface area contributed by atoms with Gasteiger partial charge in [-0.05, 0) is 0 Å². The van der Waals surface area contributed by atoms with E-state index in [-0.39, 0.29) is 6.61 Å². The average Bonchev–Trinajstić information content (AvgIpc) is 2.94. The Labute approximate surface area is 178 Å². The quantitative estimate of drug-likeness (QED) is 0.250. The van der Waals surface area contributed by atoms with E-state index in [0.717, 1.165) is 0 Å². The van der Waals surface area contributed by atoms with Crippen LogP contribution in [-0.4, -0.2) is 112 Å². The first-order chi connectivity index (χ1) is 14.3. The van der Waals surface area contributed by atoms with Crippen LogP contribution in [-0.2, 0) is 52.8 Å². The van der Waals surface area contributed by atoms with Crippen LogP contribution in [0.4, 0.5) is 0 Å². The molecule has 0 aromatic carbocycles. The molecule has 3 fully saturated rings. The van der Waals surface area contributed by atoms with Gasteiger partial charge in [0.1, 0.15) is 30.5 Å². The molecule has 2 bridgehead atoms. The van der Waals surface area contributed by atoms with Crippen molar-refractivity contribution in [1.82, 2.24) is 0 Å². The molecular formula is C14H24O15S2. The number of rotatable bonds is 8. The summed E-state index contributed by atoms with van der Waals surface area (Å²) >= 11 is 0. The van der Waals surface area contributed by atoms with Crippen LogP contribution < -0.4 is 0 Å². The molecule has 3 aliphatic rings. The van der Waals surface area contributed by atoms with Gasteiger partial charge < -0.3 is 33.9 Å². The van der Waals surface area contributed by atoms with Gasteiger partial charge in [0.15, 0.2) is 18.7 Å². The molecule has 0 aliphatic carbocycles. The van der Waals surface area contributed by atoms with Crippen molar-refractivity contribution in [3.05, 3.63) is 0 Å². The zero-order valence-corrected chi connectivity index (χ0v) is 17.9.